The molecule has 1 heterocycles. The maximum atomic E-state index is 12.1. The minimum absolute atomic E-state index is 0.250. The Kier molecular flexibility index (Phi) is 4.50. The highest BCUT2D eigenvalue weighted by Crippen LogP contribution is 2.12. The van der Waals surface area contributed by atoms with E-state index < -0.39 is 0 Å². The van der Waals surface area contributed by atoms with Crippen LogP contribution in [0.15, 0.2) is 42.6 Å². The second-order valence-corrected chi connectivity index (χ2v) is 4.45. The van der Waals surface area contributed by atoms with E-state index in [9.17, 15) is 9.59 Å². The van der Waals surface area contributed by atoms with Gasteiger partial charge in [-0.25, -0.2) is 9.78 Å². The molecule has 1 aromatic carbocycles. The molecule has 0 atom stereocenters. The van der Waals surface area contributed by atoms with E-state index in [0.717, 1.165) is 5.56 Å². The summed E-state index contributed by atoms with van der Waals surface area (Å²) in [7, 11) is 1.53. The van der Waals surface area contributed by atoms with Gasteiger partial charge in [-0.05, 0) is 48.9 Å². The number of nitrogens with zero attached hydrogens (tertiary/aromatic N) is 1. The van der Waals surface area contributed by atoms with Crippen molar-refractivity contribution < 1.29 is 9.59 Å². The molecule has 6 heteroatoms. The molecule has 0 aliphatic carbocycles. The van der Waals surface area contributed by atoms with E-state index >= 15 is 0 Å². The van der Waals surface area contributed by atoms with Gasteiger partial charge in [-0.1, -0.05) is 0 Å². The van der Waals surface area contributed by atoms with Gasteiger partial charge >= 0.3 is 6.03 Å². The normalized spacial score (nSPS) is 9.81. The third kappa shape index (κ3) is 4.04. The number of aryl methyl sites for hydroxylation is 1. The number of hydrogen-bond acceptors (Lipinski definition) is 3. The first-order valence-corrected chi connectivity index (χ1v) is 6.41. The Morgan fingerprint density at radius 3 is 2.38 bits per heavy atom. The predicted molar refractivity (Wildman–Crippen MR) is 81.4 cm³/mol. The summed E-state index contributed by atoms with van der Waals surface area (Å²) in [5.41, 5.74) is 2.12. The van der Waals surface area contributed by atoms with Gasteiger partial charge in [0.1, 0.15) is 5.82 Å². The van der Waals surface area contributed by atoms with Crippen LogP contribution in [-0.2, 0) is 0 Å². The van der Waals surface area contributed by atoms with Crippen molar-refractivity contribution in [1.82, 2.24) is 10.3 Å². The van der Waals surface area contributed by atoms with Gasteiger partial charge in [0.2, 0.25) is 0 Å². The number of urea groups is 1. The van der Waals surface area contributed by atoms with Gasteiger partial charge in [0.25, 0.3) is 5.91 Å². The number of benzene rings is 1. The summed E-state index contributed by atoms with van der Waals surface area (Å²) in [4.78, 5) is 27.3. The number of rotatable bonds is 3. The predicted octanol–water partition coefficient (Wildman–Crippen LogP) is 2.39. The van der Waals surface area contributed by atoms with Crippen molar-refractivity contribution in [2.45, 2.75) is 6.92 Å². The number of hydrogen-bond donors (Lipinski definition) is 3. The minimum atomic E-state index is -0.309. The summed E-state index contributed by atoms with van der Waals surface area (Å²) in [5.74, 6) is 0.257. The standard InChI is InChI=1S/C15H16N4O2/c1-10-7-8-17-13(9-10)19-14(20)11-3-5-12(6-4-11)18-15(21)16-2/h3-9H,1-2H3,(H2,16,18,21)(H,17,19,20). The molecule has 2 aromatic rings. The fourth-order valence-electron chi connectivity index (χ4n) is 1.69. The fraction of sp³-hybridized carbons (Fsp3) is 0.133. The molecule has 1 aromatic heterocycles. The second kappa shape index (κ2) is 6.51. The van der Waals surface area contributed by atoms with Crippen LogP contribution in [0.2, 0.25) is 0 Å². The fourth-order valence-corrected chi connectivity index (χ4v) is 1.69. The Morgan fingerprint density at radius 1 is 1.05 bits per heavy atom. The first-order chi connectivity index (χ1) is 10.1. The van der Waals surface area contributed by atoms with E-state index in [1.165, 1.54) is 7.05 Å². The Morgan fingerprint density at radius 2 is 1.76 bits per heavy atom. The largest absolute Gasteiger partial charge is 0.341 e. The molecule has 21 heavy (non-hydrogen) atoms. The lowest BCUT2D eigenvalue weighted by Crippen LogP contribution is -2.24. The van der Waals surface area contributed by atoms with E-state index in [1.807, 2.05) is 13.0 Å². The zero-order chi connectivity index (χ0) is 15.2. The van der Waals surface area contributed by atoms with Crippen LogP contribution >= 0.6 is 0 Å². The Balaban J connectivity index is 2.04. The molecule has 3 N–H and O–H groups in total. The highest BCUT2D eigenvalue weighted by molar-refractivity contribution is 6.04. The highest BCUT2D eigenvalue weighted by atomic mass is 16.2. The van der Waals surface area contributed by atoms with Crippen molar-refractivity contribution in [1.29, 1.82) is 0 Å². The van der Waals surface area contributed by atoms with E-state index in [2.05, 4.69) is 20.9 Å². The lowest BCUT2D eigenvalue weighted by atomic mass is 10.2. The number of carbonyl (C=O) groups excluding carboxylic acids is 2. The first kappa shape index (κ1) is 14.5. The lowest BCUT2D eigenvalue weighted by molar-refractivity contribution is 0.102. The number of pyridine rings is 1. The lowest BCUT2D eigenvalue weighted by Gasteiger charge is -2.07. The zero-order valence-corrected chi connectivity index (χ0v) is 11.8. The van der Waals surface area contributed by atoms with E-state index in [-0.39, 0.29) is 11.9 Å². The minimum Gasteiger partial charge on any atom is -0.341 e. The van der Waals surface area contributed by atoms with Crippen LogP contribution in [0.5, 0.6) is 0 Å². The molecule has 0 fully saturated rings. The van der Waals surface area contributed by atoms with Gasteiger partial charge in [0.15, 0.2) is 0 Å². The van der Waals surface area contributed by atoms with E-state index in [1.54, 1.807) is 36.5 Å². The summed E-state index contributed by atoms with van der Waals surface area (Å²) < 4.78 is 0. The number of carbonyl (C=O) groups is 2. The smallest absolute Gasteiger partial charge is 0.318 e. The van der Waals surface area contributed by atoms with Gasteiger partial charge in [-0.3, -0.25) is 4.79 Å². The first-order valence-electron chi connectivity index (χ1n) is 6.41. The molecule has 0 spiro atoms. The molecular formula is C15H16N4O2. The van der Waals surface area contributed by atoms with Gasteiger partial charge in [0, 0.05) is 24.5 Å². The molecule has 0 radical (unpaired) electrons. The number of anilines is 2. The molecule has 2 rings (SSSR count). The number of aromatic nitrogens is 1. The highest BCUT2D eigenvalue weighted by Gasteiger charge is 2.07. The van der Waals surface area contributed by atoms with Gasteiger partial charge in [0.05, 0.1) is 0 Å². The molecule has 0 aliphatic rings. The van der Waals surface area contributed by atoms with Crippen LogP contribution in [0.1, 0.15) is 15.9 Å². The van der Waals surface area contributed by atoms with Gasteiger partial charge in [-0.15, -0.1) is 0 Å². The molecule has 0 aliphatic heterocycles. The van der Waals surface area contributed by atoms with Crippen LogP contribution in [0.3, 0.4) is 0 Å². The maximum absolute atomic E-state index is 12.1. The zero-order valence-electron chi connectivity index (χ0n) is 11.8. The summed E-state index contributed by atoms with van der Waals surface area (Å²) in [5, 5.41) is 7.79. The average Bonchev–Trinajstić information content (AvgIpc) is 2.47. The molecule has 0 bridgehead atoms. The van der Waals surface area contributed by atoms with Gasteiger partial charge in [-0.2, -0.15) is 0 Å². The summed E-state index contributed by atoms with van der Waals surface area (Å²) in [6.07, 6.45) is 1.64. The number of amides is 3. The van der Waals surface area contributed by atoms with E-state index in [0.29, 0.717) is 17.1 Å². The average molecular weight is 284 g/mol. The van der Waals surface area contributed by atoms with Crippen molar-refractivity contribution >= 4 is 23.4 Å². The van der Waals surface area contributed by atoms with Crippen molar-refractivity contribution in [3.63, 3.8) is 0 Å². The summed E-state index contributed by atoms with van der Waals surface area (Å²) in [6, 6.07) is 9.93. The van der Waals surface area contributed by atoms with Crippen molar-refractivity contribution in [2.24, 2.45) is 0 Å². The topological polar surface area (TPSA) is 83.1 Å². The summed E-state index contributed by atoms with van der Waals surface area (Å²) >= 11 is 0. The number of nitrogens with one attached hydrogen (secondary N) is 3. The molecular weight excluding hydrogens is 268 g/mol. The Bertz CT molecular complexity index is 653. The van der Waals surface area contributed by atoms with Crippen molar-refractivity contribution in [2.75, 3.05) is 17.7 Å². The van der Waals surface area contributed by atoms with Crippen LogP contribution in [0.4, 0.5) is 16.3 Å². The molecule has 0 saturated heterocycles. The van der Waals surface area contributed by atoms with Crippen LogP contribution in [-0.4, -0.2) is 24.0 Å². The van der Waals surface area contributed by atoms with Crippen LogP contribution in [0, 0.1) is 6.92 Å². The third-order valence-electron chi connectivity index (χ3n) is 2.79. The van der Waals surface area contributed by atoms with Gasteiger partial charge < -0.3 is 16.0 Å². The molecule has 3 amide bonds. The van der Waals surface area contributed by atoms with Crippen LogP contribution < -0.4 is 16.0 Å². The molecule has 0 saturated carbocycles. The Hall–Kier alpha value is -2.89. The molecule has 6 nitrogen and oxygen atoms in total. The molecule has 0 unspecified atom stereocenters. The van der Waals surface area contributed by atoms with Crippen LogP contribution in [0.25, 0.3) is 0 Å². The second-order valence-electron chi connectivity index (χ2n) is 4.45. The monoisotopic (exact) mass is 284 g/mol. The third-order valence-corrected chi connectivity index (χ3v) is 2.79. The Labute approximate surface area is 122 Å². The molecule has 108 valence electrons. The SMILES string of the molecule is CNC(=O)Nc1ccc(C(=O)Nc2cc(C)ccn2)cc1. The van der Waals surface area contributed by atoms with Crippen molar-refractivity contribution in [3.8, 4) is 0 Å². The van der Waals surface area contributed by atoms with E-state index in [4.69, 9.17) is 0 Å². The quantitative estimate of drug-likeness (QED) is 0.809. The maximum Gasteiger partial charge on any atom is 0.318 e. The summed E-state index contributed by atoms with van der Waals surface area (Å²) in [6.45, 7) is 1.93. The van der Waals surface area contributed by atoms with Crippen molar-refractivity contribution in [3.05, 3.63) is 53.7 Å².